The number of carbonyl (C=O) groups excluding carboxylic acids is 1. The van der Waals surface area contributed by atoms with Crippen molar-refractivity contribution >= 4 is 16.8 Å². The summed E-state index contributed by atoms with van der Waals surface area (Å²) in [4.78, 5) is 16.4. The van der Waals surface area contributed by atoms with Gasteiger partial charge in [0.1, 0.15) is 5.69 Å². The van der Waals surface area contributed by atoms with E-state index in [-0.39, 0.29) is 0 Å². The Morgan fingerprint density at radius 2 is 2.00 bits per heavy atom. The van der Waals surface area contributed by atoms with Crippen molar-refractivity contribution in [1.82, 2.24) is 34.7 Å². The Labute approximate surface area is 155 Å². The number of aryl methyl sites for hydroxylation is 3. The van der Waals surface area contributed by atoms with Crippen molar-refractivity contribution in [3.8, 4) is 22.9 Å². The molecule has 3 aromatic heterocycles. The van der Waals surface area contributed by atoms with Gasteiger partial charge in [-0.05, 0) is 39.0 Å². The number of hydrogen-bond acceptors (Lipinski definition) is 5. The molecule has 0 bridgehead atoms. The van der Waals surface area contributed by atoms with Crippen molar-refractivity contribution in [1.29, 1.82) is 0 Å². The highest BCUT2D eigenvalue weighted by Gasteiger charge is 2.18. The Hall–Kier alpha value is -3.49. The van der Waals surface area contributed by atoms with Gasteiger partial charge in [-0.25, -0.2) is 4.98 Å². The molecule has 0 aliphatic heterocycles. The van der Waals surface area contributed by atoms with Gasteiger partial charge in [-0.3, -0.25) is 19.3 Å². The maximum atomic E-state index is 11.7. The number of amides is 1. The minimum absolute atomic E-state index is 0.381. The normalized spacial score (nSPS) is 11.4. The molecule has 0 aliphatic carbocycles. The maximum absolute atomic E-state index is 11.7. The van der Waals surface area contributed by atoms with Gasteiger partial charge in [0.25, 0.3) is 0 Å². The molecule has 0 saturated carbocycles. The molecule has 3 heterocycles. The van der Waals surface area contributed by atoms with Crippen LogP contribution in [-0.4, -0.2) is 40.6 Å². The van der Waals surface area contributed by atoms with E-state index in [1.165, 1.54) is 0 Å². The molecule has 1 aromatic carbocycles. The van der Waals surface area contributed by atoms with Gasteiger partial charge < -0.3 is 5.73 Å². The summed E-state index contributed by atoms with van der Waals surface area (Å²) in [6.07, 6.45) is 1.93. The number of nitrogens with zero attached hydrogens (tertiary/aromatic N) is 6. The second-order valence-corrected chi connectivity index (χ2v) is 6.30. The van der Waals surface area contributed by atoms with E-state index in [9.17, 15) is 4.79 Å². The first-order chi connectivity index (χ1) is 13.0. The fourth-order valence-electron chi connectivity index (χ4n) is 3.14. The number of nitrogens with two attached hydrogens (primary N) is 1. The SMILES string of the molecule is CCn1cc2c(-c3nc(-c4cc(C)nn4CC)n[nH]3)cc(C(N)=O)cc2n1. The molecule has 4 aromatic rings. The molecule has 1 amide bonds. The summed E-state index contributed by atoms with van der Waals surface area (Å²) < 4.78 is 3.67. The smallest absolute Gasteiger partial charge is 0.248 e. The van der Waals surface area contributed by atoms with E-state index < -0.39 is 5.91 Å². The zero-order chi connectivity index (χ0) is 19.1. The van der Waals surface area contributed by atoms with Crippen molar-refractivity contribution in [2.45, 2.75) is 33.9 Å². The molecule has 27 heavy (non-hydrogen) atoms. The lowest BCUT2D eigenvalue weighted by atomic mass is 10.1. The number of rotatable bonds is 5. The van der Waals surface area contributed by atoms with E-state index in [1.54, 1.807) is 12.1 Å². The van der Waals surface area contributed by atoms with E-state index in [1.807, 2.05) is 42.4 Å². The molecule has 9 heteroatoms. The first-order valence-corrected chi connectivity index (χ1v) is 8.78. The van der Waals surface area contributed by atoms with Crippen LogP contribution in [0.5, 0.6) is 0 Å². The third-order valence-electron chi connectivity index (χ3n) is 4.45. The lowest BCUT2D eigenvalue weighted by Gasteiger charge is -2.02. The minimum Gasteiger partial charge on any atom is -0.366 e. The predicted molar refractivity (Wildman–Crippen MR) is 101 cm³/mol. The topological polar surface area (TPSA) is 120 Å². The highest BCUT2D eigenvalue weighted by Crippen LogP contribution is 2.29. The molecule has 3 N–H and O–H groups in total. The largest absolute Gasteiger partial charge is 0.366 e. The van der Waals surface area contributed by atoms with Crippen LogP contribution in [0.4, 0.5) is 0 Å². The van der Waals surface area contributed by atoms with Gasteiger partial charge in [0.15, 0.2) is 11.6 Å². The monoisotopic (exact) mass is 364 g/mol. The summed E-state index contributed by atoms with van der Waals surface area (Å²) in [5, 5.41) is 17.1. The van der Waals surface area contributed by atoms with E-state index in [4.69, 9.17) is 5.73 Å². The van der Waals surface area contributed by atoms with E-state index in [2.05, 4.69) is 25.4 Å². The van der Waals surface area contributed by atoms with Crippen molar-refractivity contribution in [2.24, 2.45) is 5.73 Å². The second-order valence-electron chi connectivity index (χ2n) is 6.30. The highest BCUT2D eigenvalue weighted by atomic mass is 16.1. The Kier molecular flexibility index (Phi) is 3.98. The summed E-state index contributed by atoms with van der Waals surface area (Å²) in [6.45, 7) is 7.39. The number of aromatic amines is 1. The minimum atomic E-state index is -0.511. The molecule has 0 aliphatic rings. The lowest BCUT2D eigenvalue weighted by molar-refractivity contribution is 0.100. The molecule has 0 fully saturated rings. The van der Waals surface area contributed by atoms with E-state index in [0.717, 1.165) is 35.4 Å². The van der Waals surface area contributed by atoms with E-state index in [0.29, 0.717) is 22.7 Å². The van der Waals surface area contributed by atoms with Gasteiger partial charge in [0.05, 0.1) is 11.2 Å². The number of H-pyrrole nitrogens is 1. The highest BCUT2D eigenvalue weighted by molar-refractivity contribution is 6.02. The molecule has 0 atom stereocenters. The molecule has 9 nitrogen and oxygen atoms in total. The molecular formula is C18H20N8O. The van der Waals surface area contributed by atoms with Crippen LogP contribution in [0.25, 0.3) is 33.8 Å². The van der Waals surface area contributed by atoms with Crippen LogP contribution in [0.3, 0.4) is 0 Å². The number of aromatic nitrogens is 7. The number of primary amides is 1. The van der Waals surface area contributed by atoms with Crippen LogP contribution in [-0.2, 0) is 13.1 Å². The predicted octanol–water partition coefficient (Wildman–Crippen LogP) is 2.13. The molecule has 0 radical (unpaired) electrons. The van der Waals surface area contributed by atoms with Crippen molar-refractivity contribution in [3.05, 3.63) is 35.7 Å². The van der Waals surface area contributed by atoms with Crippen LogP contribution < -0.4 is 5.73 Å². The fourth-order valence-corrected chi connectivity index (χ4v) is 3.14. The average molecular weight is 364 g/mol. The van der Waals surface area contributed by atoms with Crippen LogP contribution in [0.15, 0.2) is 24.4 Å². The van der Waals surface area contributed by atoms with Crippen molar-refractivity contribution < 1.29 is 4.79 Å². The van der Waals surface area contributed by atoms with Crippen LogP contribution in [0.2, 0.25) is 0 Å². The van der Waals surface area contributed by atoms with Crippen molar-refractivity contribution in [3.63, 3.8) is 0 Å². The standard InChI is InChI=1S/C18H20N8O/c1-4-25-9-13-12(7-11(16(19)27)8-14(13)24-25)17-20-18(22-21-17)15-6-10(3)23-26(15)5-2/h6-9H,4-5H2,1-3H3,(H2,19,27)(H,20,21,22). The second kappa shape index (κ2) is 6.35. The van der Waals surface area contributed by atoms with Crippen LogP contribution in [0.1, 0.15) is 29.9 Å². The Morgan fingerprint density at radius 3 is 2.70 bits per heavy atom. The first kappa shape index (κ1) is 17.0. The molecule has 138 valence electrons. The number of carbonyl (C=O) groups is 1. The number of hydrogen-bond donors (Lipinski definition) is 2. The number of fused-ring (bicyclic) bond motifs is 1. The summed E-state index contributed by atoms with van der Waals surface area (Å²) in [5.41, 5.74) is 9.04. The summed E-state index contributed by atoms with van der Waals surface area (Å²) in [5.74, 6) is 0.590. The summed E-state index contributed by atoms with van der Waals surface area (Å²) in [7, 11) is 0. The molecule has 0 saturated heterocycles. The molecular weight excluding hydrogens is 344 g/mol. The van der Waals surface area contributed by atoms with Gasteiger partial charge in [0.2, 0.25) is 5.91 Å². The number of benzene rings is 1. The zero-order valence-electron chi connectivity index (χ0n) is 15.4. The van der Waals surface area contributed by atoms with Gasteiger partial charge in [-0.15, -0.1) is 0 Å². The lowest BCUT2D eigenvalue weighted by Crippen LogP contribution is -2.11. The third-order valence-corrected chi connectivity index (χ3v) is 4.45. The quantitative estimate of drug-likeness (QED) is 0.562. The first-order valence-electron chi connectivity index (χ1n) is 8.78. The Morgan fingerprint density at radius 1 is 1.19 bits per heavy atom. The van der Waals surface area contributed by atoms with Crippen LogP contribution in [0, 0.1) is 6.92 Å². The summed E-state index contributed by atoms with van der Waals surface area (Å²) >= 11 is 0. The molecule has 0 unspecified atom stereocenters. The fraction of sp³-hybridized carbons (Fsp3) is 0.278. The van der Waals surface area contributed by atoms with Gasteiger partial charge in [0, 0.05) is 35.8 Å². The molecule has 0 spiro atoms. The number of nitrogens with one attached hydrogen (secondary N) is 1. The average Bonchev–Trinajstić information content (AvgIpc) is 3.37. The summed E-state index contributed by atoms with van der Waals surface area (Å²) in [6, 6.07) is 5.36. The van der Waals surface area contributed by atoms with E-state index >= 15 is 0 Å². The molecule has 4 rings (SSSR count). The maximum Gasteiger partial charge on any atom is 0.248 e. The van der Waals surface area contributed by atoms with Crippen molar-refractivity contribution in [2.75, 3.05) is 0 Å². The Bertz CT molecular complexity index is 1150. The Balaban J connectivity index is 1.88. The van der Waals surface area contributed by atoms with Gasteiger partial charge >= 0.3 is 0 Å². The van der Waals surface area contributed by atoms with Gasteiger partial charge in [-0.2, -0.15) is 15.3 Å². The zero-order valence-corrected chi connectivity index (χ0v) is 15.4. The van der Waals surface area contributed by atoms with Crippen LogP contribution >= 0.6 is 0 Å². The third kappa shape index (κ3) is 2.86. The van der Waals surface area contributed by atoms with Gasteiger partial charge in [-0.1, -0.05) is 0 Å².